The van der Waals surface area contributed by atoms with Gasteiger partial charge in [0, 0.05) is 44.3 Å². The fourth-order valence-electron chi connectivity index (χ4n) is 3.71. The summed E-state index contributed by atoms with van der Waals surface area (Å²) in [4.78, 5) is 7.65. The third-order valence-electron chi connectivity index (χ3n) is 5.05. The molecule has 2 aliphatic rings. The van der Waals surface area contributed by atoms with Crippen LogP contribution in [0.2, 0.25) is 0 Å². The van der Waals surface area contributed by atoms with Gasteiger partial charge in [0.2, 0.25) is 0 Å². The van der Waals surface area contributed by atoms with Gasteiger partial charge >= 0.3 is 0 Å². The predicted octanol–water partition coefficient (Wildman–Crippen LogP) is 0.436. The van der Waals surface area contributed by atoms with Gasteiger partial charge in [-0.3, -0.25) is 4.90 Å². The molecular weight excluding hydrogens is 224 g/mol. The number of rotatable bonds is 3. The number of nitrogens with zero attached hydrogens (tertiary/aromatic N) is 3. The topological polar surface area (TPSA) is 35.7 Å². The molecule has 0 aliphatic carbocycles. The van der Waals surface area contributed by atoms with Crippen LogP contribution in [0.15, 0.2) is 0 Å². The minimum absolute atomic E-state index is 0.238. The number of likely N-dealkylation sites (tertiary alicyclic amines) is 1. The minimum Gasteiger partial charge on any atom is -0.329 e. The van der Waals surface area contributed by atoms with Gasteiger partial charge in [0.05, 0.1) is 0 Å². The average Bonchev–Trinajstić information content (AvgIpc) is 2.39. The first-order valence-corrected chi connectivity index (χ1v) is 7.45. The number of hydrogen-bond acceptors (Lipinski definition) is 4. The van der Waals surface area contributed by atoms with Gasteiger partial charge < -0.3 is 15.5 Å². The maximum Gasteiger partial charge on any atom is 0.0459 e. The lowest BCUT2D eigenvalue weighted by Gasteiger charge is -2.52. The molecule has 4 heteroatoms. The summed E-state index contributed by atoms with van der Waals surface area (Å²) in [6, 6.07) is 0.703. The van der Waals surface area contributed by atoms with Crippen LogP contribution in [0.5, 0.6) is 0 Å². The number of piperidine rings is 1. The van der Waals surface area contributed by atoms with Crippen molar-refractivity contribution in [3.05, 3.63) is 0 Å². The van der Waals surface area contributed by atoms with Gasteiger partial charge in [-0.05, 0) is 39.9 Å². The molecule has 0 aromatic rings. The molecule has 0 spiro atoms. The quantitative estimate of drug-likeness (QED) is 0.792. The molecule has 0 aromatic carbocycles. The van der Waals surface area contributed by atoms with E-state index in [1.165, 1.54) is 45.4 Å². The summed E-state index contributed by atoms with van der Waals surface area (Å²) in [5, 5.41) is 0. The highest BCUT2D eigenvalue weighted by molar-refractivity contribution is 4.99. The lowest BCUT2D eigenvalue weighted by Crippen LogP contribution is -2.67. The molecule has 0 amide bonds. The van der Waals surface area contributed by atoms with Gasteiger partial charge in [-0.1, -0.05) is 6.92 Å². The van der Waals surface area contributed by atoms with Crippen molar-refractivity contribution in [3.8, 4) is 0 Å². The van der Waals surface area contributed by atoms with Crippen molar-refractivity contribution in [1.82, 2.24) is 14.7 Å². The van der Waals surface area contributed by atoms with Crippen LogP contribution in [0.3, 0.4) is 0 Å². The Hall–Kier alpha value is -0.160. The van der Waals surface area contributed by atoms with Crippen molar-refractivity contribution in [2.24, 2.45) is 5.73 Å². The second-order valence-corrected chi connectivity index (χ2v) is 6.26. The number of hydrogen-bond donors (Lipinski definition) is 1. The van der Waals surface area contributed by atoms with Gasteiger partial charge in [-0.25, -0.2) is 0 Å². The average molecular weight is 254 g/mol. The maximum atomic E-state index is 6.17. The third kappa shape index (κ3) is 2.72. The normalized spacial score (nSPS) is 37.0. The predicted molar refractivity (Wildman–Crippen MR) is 76.8 cm³/mol. The first-order valence-electron chi connectivity index (χ1n) is 7.45. The van der Waals surface area contributed by atoms with Gasteiger partial charge in [0.1, 0.15) is 0 Å². The summed E-state index contributed by atoms with van der Waals surface area (Å²) in [6.45, 7) is 9.03. The molecule has 2 atom stereocenters. The molecule has 0 saturated carbocycles. The van der Waals surface area contributed by atoms with E-state index in [9.17, 15) is 0 Å². The van der Waals surface area contributed by atoms with Crippen molar-refractivity contribution >= 4 is 0 Å². The van der Waals surface area contributed by atoms with Gasteiger partial charge in [-0.2, -0.15) is 0 Å². The Kier molecular flexibility index (Phi) is 4.64. The molecule has 2 aliphatic heterocycles. The number of piperazine rings is 1. The number of nitrogens with two attached hydrogens (primary N) is 1. The van der Waals surface area contributed by atoms with E-state index in [2.05, 4.69) is 35.7 Å². The second kappa shape index (κ2) is 5.87. The summed E-state index contributed by atoms with van der Waals surface area (Å²) in [5.41, 5.74) is 6.41. The number of likely N-dealkylation sites (N-methyl/N-ethyl adjacent to an activating group) is 2. The Morgan fingerprint density at radius 3 is 2.61 bits per heavy atom. The van der Waals surface area contributed by atoms with Crippen LogP contribution in [-0.4, -0.2) is 79.6 Å². The molecule has 2 saturated heterocycles. The highest BCUT2D eigenvalue weighted by Gasteiger charge is 2.41. The lowest BCUT2D eigenvalue weighted by atomic mass is 9.86. The smallest absolute Gasteiger partial charge is 0.0459 e. The third-order valence-corrected chi connectivity index (χ3v) is 5.05. The molecule has 2 N–H and O–H groups in total. The second-order valence-electron chi connectivity index (χ2n) is 6.26. The zero-order valence-electron chi connectivity index (χ0n) is 12.4. The van der Waals surface area contributed by atoms with E-state index in [0.29, 0.717) is 6.04 Å². The van der Waals surface area contributed by atoms with Crippen molar-refractivity contribution in [1.29, 1.82) is 0 Å². The Labute approximate surface area is 112 Å². The molecule has 0 aromatic heterocycles. The first kappa shape index (κ1) is 14.3. The van der Waals surface area contributed by atoms with E-state index >= 15 is 0 Å². The van der Waals surface area contributed by atoms with Crippen LogP contribution in [0.25, 0.3) is 0 Å². The molecule has 2 heterocycles. The Morgan fingerprint density at radius 2 is 2.00 bits per heavy atom. The maximum absolute atomic E-state index is 6.17. The molecule has 18 heavy (non-hydrogen) atoms. The van der Waals surface area contributed by atoms with Crippen molar-refractivity contribution in [3.63, 3.8) is 0 Å². The van der Waals surface area contributed by atoms with E-state index in [1.54, 1.807) is 0 Å². The summed E-state index contributed by atoms with van der Waals surface area (Å²) in [7, 11) is 4.49. The SMILES string of the molecule is CCC1CN(C2(CN)CCCN(C)C2)CCN1C. The molecule has 2 rings (SSSR count). The van der Waals surface area contributed by atoms with Crippen LogP contribution in [0.1, 0.15) is 26.2 Å². The summed E-state index contributed by atoms with van der Waals surface area (Å²) in [6.07, 6.45) is 3.80. The van der Waals surface area contributed by atoms with Crippen LogP contribution >= 0.6 is 0 Å². The zero-order valence-corrected chi connectivity index (χ0v) is 12.4. The van der Waals surface area contributed by atoms with E-state index in [1.807, 2.05) is 0 Å². The standard InChI is InChI=1S/C14H30N4/c1-4-13-10-18(9-8-17(13)3)14(11-15)6-5-7-16(2)12-14/h13H,4-12,15H2,1-3H3. The van der Waals surface area contributed by atoms with Crippen molar-refractivity contribution < 1.29 is 0 Å². The van der Waals surface area contributed by atoms with E-state index in [-0.39, 0.29) is 5.54 Å². The summed E-state index contributed by atoms with van der Waals surface area (Å²) in [5.74, 6) is 0. The Bertz CT molecular complexity index is 271. The largest absolute Gasteiger partial charge is 0.329 e. The Morgan fingerprint density at radius 1 is 1.22 bits per heavy atom. The minimum atomic E-state index is 0.238. The molecule has 106 valence electrons. The van der Waals surface area contributed by atoms with Crippen molar-refractivity contribution in [2.75, 3.05) is 53.4 Å². The molecule has 2 unspecified atom stereocenters. The fraction of sp³-hybridized carbons (Fsp3) is 1.00. The van der Waals surface area contributed by atoms with Gasteiger partial charge in [0.25, 0.3) is 0 Å². The van der Waals surface area contributed by atoms with Crippen LogP contribution in [0.4, 0.5) is 0 Å². The molecule has 0 bridgehead atoms. The fourth-order valence-corrected chi connectivity index (χ4v) is 3.71. The first-order chi connectivity index (χ1) is 8.61. The van der Waals surface area contributed by atoms with Gasteiger partial charge in [-0.15, -0.1) is 0 Å². The molecular formula is C14H30N4. The van der Waals surface area contributed by atoms with Crippen LogP contribution in [-0.2, 0) is 0 Å². The van der Waals surface area contributed by atoms with E-state index in [0.717, 1.165) is 13.1 Å². The zero-order chi connectivity index (χ0) is 13.2. The lowest BCUT2D eigenvalue weighted by molar-refractivity contribution is -0.0233. The van der Waals surface area contributed by atoms with Gasteiger partial charge in [0.15, 0.2) is 0 Å². The molecule has 4 nitrogen and oxygen atoms in total. The Balaban J connectivity index is 2.07. The summed E-state index contributed by atoms with van der Waals surface area (Å²) >= 11 is 0. The monoisotopic (exact) mass is 254 g/mol. The highest BCUT2D eigenvalue weighted by atomic mass is 15.3. The molecule has 0 radical (unpaired) electrons. The van der Waals surface area contributed by atoms with E-state index in [4.69, 9.17) is 5.73 Å². The van der Waals surface area contributed by atoms with Crippen LogP contribution < -0.4 is 5.73 Å². The molecule has 2 fully saturated rings. The highest BCUT2D eigenvalue weighted by Crippen LogP contribution is 2.28. The van der Waals surface area contributed by atoms with Crippen LogP contribution in [0, 0.1) is 0 Å². The van der Waals surface area contributed by atoms with Crippen molar-refractivity contribution in [2.45, 2.75) is 37.8 Å². The summed E-state index contributed by atoms with van der Waals surface area (Å²) < 4.78 is 0. The van der Waals surface area contributed by atoms with E-state index < -0.39 is 0 Å².